The van der Waals surface area contributed by atoms with Crippen molar-refractivity contribution in [1.82, 2.24) is 5.32 Å². The fraction of sp³-hybridized carbons (Fsp3) is 0.417. The molecule has 4 heteroatoms. The second kappa shape index (κ2) is 5.73. The molecule has 1 aliphatic heterocycles. The molecule has 1 aromatic rings. The van der Waals surface area contributed by atoms with Gasteiger partial charge in [-0.05, 0) is 46.7 Å². The standard InChI is InChI=1S/C12H14BrNOS/c13-11-6-2-1-5-10(11)12(15)14-9-4-3-7-16-8-9/h1-2,5-6,9H,3-4,7-8H2,(H,14,15). The Morgan fingerprint density at radius 3 is 2.94 bits per heavy atom. The van der Waals surface area contributed by atoms with Gasteiger partial charge in [0, 0.05) is 16.3 Å². The average Bonchev–Trinajstić information content (AvgIpc) is 2.31. The predicted molar refractivity (Wildman–Crippen MR) is 72.0 cm³/mol. The van der Waals surface area contributed by atoms with E-state index >= 15 is 0 Å². The van der Waals surface area contributed by atoms with Crippen molar-refractivity contribution in [3.63, 3.8) is 0 Å². The minimum absolute atomic E-state index is 0.0278. The molecule has 1 aliphatic rings. The molecule has 16 heavy (non-hydrogen) atoms. The number of hydrogen-bond acceptors (Lipinski definition) is 2. The topological polar surface area (TPSA) is 29.1 Å². The molecule has 1 unspecified atom stereocenters. The quantitative estimate of drug-likeness (QED) is 0.909. The summed E-state index contributed by atoms with van der Waals surface area (Å²) in [4.78, 5) is 12.0. The Kier molecular flexibility index (Phi) is 4.29. The molecule has 1 saturated heterocycles. The van der Waals surface area contributed by atoms with Crippen LogP contribution in [0.25, 0.3) is 0 Å². The fourth-order valence-corrected chi connectivity index (χ4v) is 3.30. The van der Waals surface area contributed by atoms with E-state index in [1.54, 1.807) is 0 Å². The summed E-state index contributed by atoms with van der Waals surface area (Å²) < 4.78 is 0.857. The van der Waals surface area contributed by atoms with Crippen LogP contribution in [0.3, 0.4) is 0 Å². The maximum atomic E-state index is 12.0. The molecular formula is C12H14BrNOS. The third kappa shape index (κ3) is 3.01. The molecule has 2 rings (SSSR count). The zero-order valence-corrected chi connectivity index (χ0v) is 11.3. The van der Waals surface area contributed by atoms with Crippen molar-refractivity contribution in [3.05, 3.63) is 34.3 Å². The van der Waals surface area contributed by atoms with Gasteiger partial charge in [-0.25, -0.2) is 0 Å². The molecule has 0 bridgehead atoms. The van der Waals surface area contributed by atoms with E-state index in [-0.39, 0.29) is 5.91 Å². The van der Waals surface area contributed by atoms with Crippen LogP contribution >= 0.6 is 27.7 Å². The lowest BCUT2D eigenvalue weighted by Crippen LogP contribution is -2.38. The first kappa shape index (κ1) is 12.0. The minimum atomic E-state index is 0.0278. The predicted octanol–water partition coefficient (Wildman–Crippen LogP) is 3.07. The molecule has 1 amide bonds. The van der Waals surface area contributed by atoms with Crippen molar-refractivity contribution in [2.45, 2.75) is 18.9 Å². The van der Waals surface area contributed by atoms with Crippen molar-refractivity contribution in [1.29, 1.82) is 0 Å². The van der Waals surface area contributed by atoms with Crippen molar-refractivity contribution in [2.75, 3.05) is 11.5 Å². The first-order valence-electron chi connectivity index (χ1n) is 5.40. The number of nitrogens with one attached hydrogen (secondary N) is 1. The van der Waals surface area contributed by atoms with Crippen molar-refractivity contribution >= 4 is 33.6 Å². The Balaban J connectivity index is 2.00. The summed E-state index contributed by atoms with van der Waals surface area (Å²) in [5, 5.41) is 3.09. The summed E-state index contributed by atoms with van der Waals surface area (Å²) in [5.41, 5.74) is 0.720. The highest BCUT2D eigenvalue weighted by Crippen LogP contribution is 2.19. The Hall–Kier alpha value is -0.480. The van der Waals surface area contributed by atoms with E-state index in [1.165, 1.54) is 12.2 Å². The summed E-state index contributed by atoms with van der Waals surface area (Å²) >= 11 is 5.31. The number of amides is 1. The van der Waals surface area contributed by atoms with E-state index in [4.69, 9.17) is 0 Å². The molecule has 1 N–H and O–H groups in total. The molecule has 0 aliphatic carbocycles. The Morgan fingerprint density at radius 2 is 2.25 bits per heavy atom. The van der Waals surface area contributed by atoms with Crippen molar-refractivity contribution in [3.8, 4) is 0 Å². The number of thioether (sulfide) groups is 1. The lowest BCUT2D eigenvalue weighted by atomic mass is 10.1. The third-order valence-corrected chi connectivity index (χ3v) is 4.52. The van der Waals surface area contributed by atoms with Gasteiger partial charge in [-0.2, -0.15) is 11.8 Å². The van der Waals surface area contributed by atoms with Gasteiger partial charge in [0.05, 0.1) is 5.56 Å². The van der Waals surface area contributed by atoms with E-state index in [1.807, 2.05) is 36.0 Å². The van der Waals surface area contributed by atoms with Crippen LogP contribution in [-0.4, -0.2) is 23.5 Å². The smallest absolute Gasteiger partial charge is 0.252 e. The van der Waals surface area contributed by atoms with Crippen LogP contribution in [0.4, 0.5) is 0 Å². The number of benzene rings is 1. The minimum Gasteiger partial charge on any atom is -0.348 e. The van der Waals surface area contributed by atoms with Gasteiger partial charge in [-0.15, -0.1) is 0 Å². The maximum absolute atomic E-state index is 12.0. The van der Waals surface area contributed by atoms with Crippen molar-refractivity contribution in [2.24, 2.45) is 0 Å². The van der Waals surface area contributed by atoms with Gasteiger partial charge in [0.2, 0.25) is 0 Å². The molecule has 1 aromatic carbocycles. The molecule has 0 spiro atoms. The summed E-state index contributed by atoms with van der Waals surface area (Å²) in [6, 6.07) is 7.87. The molecule has 1 atom stereocenters. The van der Waals surface area contributed by atoms with E-state index in [9.17, 15) is 4.79 Å². The lowest BCUT2D eigenvalue weighted by Gasteiger charge is -2.22. The lowest BCUT2D eigenvalue weighted by molar-refractivity contribution is 0.0938. The highest BCUT2D eigenvalue weighted by Gasteiger charge is 2.17. The highest BCUT2D eigenvalue weighted by molar-refractivity contribution is 9.10. The number of halogens is 1. The first-order chi connectivity index (χ1) is 7.77. The average molecular weight is 300 g/mol. The van der Waals surface area contributed by atoms with Crippen molar-refractivity contribution < 1.29 is 4.79 Å². The number of hydrogen-bond donors (Lipinski definition) is 1. The van der Waals surface area contributed by atoms with E-state index < -0.39 is 0 Å². The molecule has 2 nitrogen and oxygen atoms in total. The van der Waals surface area contributed by atoms with Gasteiger partial charge >= 0.3 is 0 Å². The molecule has 1 fully saturated rings. The van der Waals surface area contributed by atoms with Gasteiger partial charge < -0.3 is 5.32 Å². The second-order valence-electron chi connectivity index (χ2n) is 3.87. The van der Waals surface area contributed by atoms with Crippen LogP contribution in [0, 0.1) is 0 Å². The molecule has 0 radical (unpaired) electrons. The number of rotatable bonds is 2. The van der Waals surface area contributed by atoms with Gasteiger partial charge in [-0.1, -0.05) is 12.1 Å². The van der Waals surface area contributed by atoms with Gasteiger partial charge in [0.15, 0.2) is 0 Å². The van der Waals surface area contributed by atoms with Crippen LogP contribution in [0.2, 0.25) is 0 Å². The zero-order chi connectivity index (χ0) is 11.4. The van der Waals surface area contributed by atoms with Gasteiger partial charge in [0.25, 0.3) is 5.91 Å². The normalized spacial score (nSPS) is 20.4. The Morgan fingerprint density at radius 1 is 1.44 bits per heavy atom. The Labute approximate surface area is 108 Å². The summed E-state index contributed by atoms with van der Waals surface area (Å²) in [6.45, 7) is 0. The van der Waals surface area contributed by atoms with Crippen LogP contribution in [0.15, 0.2) is 28.7 Å². The van der Waals surface area contributed by atoms with E-state index in [0.29, 0.717) is 6.04 Å². The summed E-state index contributed by atoms with van der Waals surface area (Å²) in [5.74, 6) is 2.29. The molecule has 86 valence electrons. The maximum Gasteiger partial charge on any atom is 0.252 e. The van der Waals surface area contributed by atoms with Crippen LogP contribution in [-0.2, 0) is 0 Å². The van der Waals surface area contributed by atoms with Crippen LogP contribution in [0.5, 0.6) is 0 Å². The van der Waals surface area contributed by atoms with Gasteiger partial charge in [0.1, 0.15) is 0 Å². The Bertz CT molecular complexity index is 377. The largest absolute Gasteiger partial charge is 0.348 e. The number of carbonyl (C=O) groups is 1. The summed E-state index contributed by atoms with van der Waals surface area (Å²) in [7, 11) is 0. The highest BCUT2D eigenvalue weighted by atomic mass is 79.9. The van der Waals surface area contributed by atoms with Gasteiger partial charge in [-0.3, -0.25) is 4.79 Å². The first-order valence-corrected chi connectivity index (χ1v) is 7.35. The monoisotopic (exact) mass is 299 g/mol. The van der Waals surface area contributed by atoms with Crippen LogP contribution < -0.4 is 5.32 Å². The molecule has 1 heterocycles. The molecule has 0 aromatic heterocycles. The second-order valence-corrected chi connectivity index (χ2v) is 5.87. The molecule has 0 saturated carbocycles. The number of carbonyl (C=O) groups excluding carboxylic acids is 1. The molecular weight excluding hydrogens is 286 g/mol. The zero-order valence-electron chi connectivity index (χ0n) is 8.91. The fourth-order valence-electron chi connectivity index (χ4n) is 1.76. The summed E-state index contributed by atoms with van der Waals surface area (Å²) in [6.07, 6.45) is 2.30. The van der Waals surface area contributed by atoms with Crippen LogP contribution in [0.1, 0.15) is 23.2 Å². The van der Waals surface area contributed by atoms with E-state index in [2.05, 4.69) is 21.2 Å². The third-order valence-electron chi connectivity index (χ3n) is 2.61. The SMILES string of the molecule is O=C(NC1CCCSC1)c1ccccc1Br. The van der Waals surface area contributed by atoms with E-state index in [0.717, 1.165) is 22.2 Å².